The molecule has 6 rings (SSSR count). The van der Waals surface area contributed by atoms with Crippen LogP contribution in [0.5, 0.6) is 0 Å². The van der Waals surface area contributed by atoms with E-state index in [0.717, 1.165) is 11.6 Å². The van der Waals surface area contributed by atoms with Gasteiger partial charge in [-0.05, 0) is 84.3 Å². The molecule has 37 heavy (non-hydrogen) atoms. The van der Waals surface area contributed by atoms with Crippen molar-refractivity contribution in [2.45, 2.75) is 23.7 Å². The second kappa shape index (κ2) is 8.63. The zero-order chi connectivity index (χ0) is 25.9. The Morgan fingerprint density at radius 2 is 1.59 bits per heavy atom. The molecule has 1 aliphatic carbocycles. The number of fused-ring (bicyclic) bond motifs is 2. The van der Waals surface area contributed by atoms with Gasteiger partial charge in [0.1, 0.15) is 17.5 Å². The fraction of sp³-hybridized carbons (Fsp3) is 0.192. The van der Waals surface area contributed by atoms with E-state index in [0.29, 0.717) is 40.5 Å². The van der Waals surface area contributed by atoms with Crippen LogP contribution in [0.3, 0.4) is 0 Å². The minimum absolute atomic E-state index is 0.0139. The highest BCUT2D eigenvalue weighted by Gasteiger charge is 2.35. The average Bonchev–Trinajstić information content (AvgIpc) is 3.38. The lowest BCUT2D eigenvalue weighted by molar-refractivity contribution is 0.267. The molecule has 1 saturated carbocycles. The molecule has 7 nitrogen and oxygen atoms in total. The normalized spacial score (nSPS) is 17.9. The minimum Gasteiger partial charge on any atom is -0.352 e. The summed E-state index contributed by atoms with van der Waals surface area (Å²) in [6.45, 7) is 0.192. The second-order valence-electron chi connectivity index (χ2n) is 9.40. The molecule has 2 heterocycles. The number of benzene rings is 3. The van der Waals surface area contributed by atoms with Crippen molar-refractivity contribution in [1.29, 1.82) is 0 Å². The number of H-pyrrole nitrogens is 3. The summed E-state index contributed by atoms with van der Waals surface area (Å²) in [5.41, 5.74) is 2.64. The number of imidazole rings is 1. The van der Waals surface area contributed by atoms with Crippen LogP contribution in [0, 0.1) is 23.4 Å². The number of aromatic nitrogens is 3. The van der Waals surface area contributed by atoms with E-state index in [9.17, 15) is 26.4 Å². The first-order chi connectivity index (χ1) is 17.7. The number of rotatable bonds is 6. The van der Waals surface area contributed by atoms with Crippen LogP contribution in [0.15, 0.2) is 64.3 Å². The monoisotopic (exact) mass is 526 g/mol. The molecule has 5 aromatic rings. The van der Waals surface area contributed by atoms with Crippen molar-refractivity contribution in [2.75, 3.05) is 6.54 Å². The van der Waals surface area contributed by atoms with Gasteiger partial charge in [-0.3, -0.25) is 0 Å². The van der Waals surface area contributed by atoms with Crippen molar-refractivity contribution in [3.63, 3.8) is 0 Å². The Hall–Kier alpha value is -3.83. The van der Waals surface area contributed by atoms with E-state index in [-0.39, 0.29) is 28.8 Å². The summed E-state index contributed by atoms with van der Waals surface area (Å²) in [7, 11) is -3.81. The number of halogens is 3. The zero-order valence-electron chi connectivity index (χ0n) is 19.2. The van der Waals surface area contributed by atoms with Gasteiger partial charge in [-0.2, -0.15) is 0 Å². The summed E-state index contributed by atoms with van der Waals surface area (Å²) in [6.07, 6.45) is 1.21. The molecule has 190 valence electrons. The van der Waals surface area contributed by atoms with Gasteiger partial charge in [0.25, 0.3) is 0 Å². The largest absolute Gasteiger partial charge is 0.352 e. The molecule has 0 amide bonds. The van der Waals surface area contributed by atoms with Gasteiger partial charge in [0.05, 0.1) is 27.1 Å². The van der Waals surface area contributed by atoms with Crippen LogP contribution in [0.1, 0.15) is 24.3 Å². The van der Waals surface area contributed by atoms with Gasteiger partial charge in [-0.1, -0.05) is 0 Å². The summed E-state index contributed by atoms with van der Waals surface area (Å²) in [5, 5.41) is 0.426. The number of hydrogen-bond acceptors (Lipinski definition) is 3. The van der Waals surface area contributed by atoms with Crippen LogP contribution in [0.4, 0.5) is 13.2 Å². The topological polar surface area (TPSA) is 111 Å². The molecule has 1 fully saturated rings. The van der Waals surface area contributed by atoms with Crippen molar-refractivity contribution in [3.8, 4) is 11.3 Å². The quantitative estimate of drug-likeness (QED) is 0.253. The molecule has 0 spiro atoms. The van der Waals surface area contributed by atoms with Gasteiger partial charge < -0.3 is 15.0 Å². The summed E-state index contributed by atoms with van der Waals surface area (Å²) in [6, 6.07) is 12.2. The first kappa shape index (κ1) is 23.6. The maximum Gasteiger partial charge on any atom is 0.323 e. The molecule has 0 aliphatic heterocycles. The van der Waals surface area contributed by atoms with Crippen molar-refractivity contribution >= 4 is 32.0 Å². The first-order valence-corrected chi connectivity index (χ1v) is 13.1. The highest BCUT2D eigenvalue weighted by atomic mass is 32.2. The zero-order valence-corrected chi connectivity index (χ0v) is 20.1. The van der Waals surface area contributed by atoms with E-state index >= 15 is 0 Å². The second-order valence-corrected chi connectivity index (χ2v) is 11.2. The van der Waals surface area contributed by atoms with Gasteiger partial charge >= 0.3 is 5.69 Å². The first-order valence-electron chi connectivity index (χ1n) is 11.7. The Morgan fingerprint density at radius 3 is 2.35 bits per heavy atom. The standard InChI is InChI=1S/C26H21F3N4O3S/c27-16-3-1-14(2-4-16)24-23(19-9-17(28)10-20(29)25(19)33-24)15-7-13(8-15)12-30-37(35,36)18-5-6-21-22(11-18)32-26(34)31-21/h1-6,9-11,13,15,30,33H,7-8,12H2,(H2,31,32,34)/t13-,15-. The molecule has 0 atom stereocenters. The molecule has 1 aliphatic rings. The Kier molecular flexibility index (Phi) is 5.50. The molecular weight excluding hydrogens is 505 g/mol. The lowest BCUT2D eigenvalue weighted by Gasteiger charge is -2.36. The summed E-state index contributed by atoms with van der Waals surface area (Å²) < 4.78 is 70.4. The molecule has 11 heteroatoms. The van der Waals surface area contributed by atoms with Crippen LogP contribution in [-0.2, 0) is 10.0 Å². The molecule has 2 aromatic heterocycles. The van der Waals surface area contributed by atoms with Crippen molar-refractivity contribution in [2.24, 2.45) is 5.92 Å². The molecule has 4 N–H and O–H groups in total. The number of hydrogen-bond donors (Lipinski definition) is 4. The minimum atomic E-state index is -3.81. The Bertz CT molecular complexity index is 1820. The van der Waals surface area contributed by atoms with Crippen LogP contribution >= 0.6 is 0 Å². The molecule has 0 saturated heterocycles. The van der Waals surface area contributed by atoms with Gasteiger partial charge in [-0.25, -0.2) is 31.1 Å². The lowest BCUT2D eigenvalue weighted by atomic mass is 9.70. The average molecular weight is 527 g/mol. The Morgan fingerprint density at radius 1 is 0.865 bits per heavy atom. The van der Waals surface area contributed by atoms with E-state index in [1.165, 1.54) is 36.4 Å². The maximum absolute atomic E-state index is 14.6. The summed E-state index contributed by atoms with van der Waals surface area (Å²) in [4.78, 5) is 19.6. The SMILES string of the molecule is O=c1[nH]c2ccc(S(=O)(=O)NC[C@H]3C[C@H](c4c(-c5ccc(F)cc5)[nH]c5c(F)cc(F)cc54)C3)cc2[nH]1. The Balaban J connectivity index is 1.23. The molecular formula is C26H21F3N4O3S. The van der Waals surface area contributed by atoms with E-state index in [1.807, 2.05) is 0 Å². The van der Waals surface area contributed by atoms with Crippen LogP contribution in [0.2, 0.25) is 0 Å². The van der Waals surface area contributed by atoms with Crippen LogP contribution in [-0.4, -0.2) is 29.9 Å². The van der Waals surface area contributed by atoms with Gasteiger partial charge in [0.2, 0.25) is 10.0 Å². The smallest absolute Gasteiger partial charge is 0.323 e. The number of sulfonamides is 1. The fourth-order valence-electron chi connectivity index (χ4n) is 5.14. The molecule has 0 radical (unpaired) electrons. The van der Waals surface area contributed by atoms with E-state index in [2.05, 4.69) is 19.7 Å². The summed E-state index contributed by atoms with van der Waals surface area (Å²) >= 11 is 0. The third kappa shape index (κ3) is 4.23. The summed E-state index contributed by atoms with van der Waals surface area (Å²) in [5.74, 6) is -1.86. The van der Waals surface area contributed by atoms with E-state index < -0.39 is 33.2 Å². The van der Waals surface area contributed by atoms with E-state index in [4.69, 9.17) is 0 Å². The third-order valence-electron chi connectivity index (χ3n) is 7.00. The predicted molar refractivity (Wildman–Crippen MR) is 133 cm³/mol. The van der Waals surface area contributed by atoms with Crippen molar-refractivity contribution < 1.29 is 21.6 Å². The highest BCUT2D eigenvalue weighted by Crippen LogP contribution is 2.48. The molecule has 0 bridgehead atoms. The van der Waals surface area contributed by atoms with Crippen molar-refractivity contribution in [3.05, 3.63) is 88.1 Å². The van der Waals surface area contributed by atoms with Gasteiger partial charge in [-0.15, -0.1) is 0 Å². The molecule has 3 aromatic carbocycles. The van der Waals surface area contributed by atoms with Crippen molar-refractivity contribution in [1.82, 2.24) is 19.7 Å². The number of aromatic amines is 3. The number of nitrogens with one attached hydrogen (secondary N) is 4. The van der Waals surface area contributed by atoms with Crippen LogP contribution in [0.25, 0.3) is 33.2 Å². The highest BCUT2D eigenvalue weighted by molar-refractivity contribution is 7.89. The predicted octanol–water partition coefficient (Wildman–Crippen LogP) is 4.89. The van der Waals surface area contributed by atoms with Gasteiger partial charge in [0, 0.05) is 18.0 Å². The van der Waals surface area contributed by atoms with Crippen LogP contribution < -0.4 is 10.4 Å². The third-order valence-corrected chi connectivity index (χ3v) is 8.42. The lowest BCUT2D eigenvalue weighted by Crippen LogP contribution is -2.35. The maximum atomic E-state index is 14.6. The molecule has 0 unspecified atom stereocenters. The fourth-order valence-corrected chi connectivity index (χ4v) is 6.28. The van der Waals surface area contributed by atoms with E-state index in [1.54, 1.807) is 12.1 Å². The van der Waals surface area contributed by atoms with Gasteiger partial charge in [0.15, 0.2) is 0 Å². The Labute approximate surface area is 208 Å².